The van der Waals surface area contributed by atoms with Crippen molar-refractivity contribution in [1.29, 1.82) is 0 Å². The van der Waals surface area contributed by atoms with Crippen LogP contribution in [0.25, 0.3) is 0 Å². The maximum atomic E-state index is 11.7. The molecule has 5 heteroatoms. The van der Waals surface area contributed by atoms with Crippen LogP contribution in [0.3, 0.4) is 0 Å². The molecule has 0 radical (unpaired) electrons. The van der Waals surface area contributed by atoms with Gasteiger partial charge >= 0.3 is 12.0 Å². The minimum atomic E-state index is -1.08. The molecule has 0 aromatic carbocycles. The number of terminal acetylenes is 1. The van der Waals surface area contributed by atoms with E-state index in [0.717, 1.165) is 0 Å². The maximum Gasteiger partial charge on any atom is 0.329 e. The number of urea groups is 1. The Bertz CT molecular complexity index is 335. The number of carbonyl (C=O) groups is 2. The van der Waals surface area contributed by atoms with Gasteiger partial charge in [0.25, 0.3) is 0 Å². The van der Waals surface area contributed by atoms with Crippen molar-refractivity contribution in [3.05, 3.63) is 0 Å². The molecule has 0 aliphatic carbocycles. The van der Waals surface area contributed by atoms with Crippen LogP contribution in [0.1, 0.15) is 26.2 Å². The van der Waals surface area contributed by atoms with Crippen molar-refractivity contribution in [1.82, 2.24) is 10.2 Å². The second-order valence-electron chi connectivity index (χ2n) is 4.02. The Morgan fingerprint density at radius 2 is 2.31 bits per heavy atom. The average Bonchev–Trinajstić information content (AvgIpc) is 2.62. The molecule has 2 N–H and O–H groups in total. The Kier molecular flexibility index (Phi) is 3.78. The zero-order chi connectivity index (χ0) is 12.2. The van der Waals surface area contributed by atoms with Crippen LogP contribution in [0, 0.1) is 12.3 Å². The lowest BCUT2D eigenvalue weighted by atomic mass is 10.00. The highest BCUT2D eigenvalue weighted by atomic mass is 16.4. The Hall–Kier alpha value is -1.70. The summed E-state index contributed by atoms with van der Waals surface area (Å²) in [6.45, 7) is 2.43. The summed E-state index contributed by atoms with van der Waals surface area (Å²) in [5, 5.41) is 11.7. The van der Waals surface area contributed by atoms with Crippen LogP contribution in [0.4, 0.5) is 4.79 Å². The van der Waals surface area contributed by atoms with Crippen molar-refractivity contribution < 1.29 is 14.7 Å². The van der Waals surface area contributed by atoms with Gasteiger partial charge < -0.3 is 15.3 Å². The first kappa shape index (κ1) is 12.4. The lowest BCUT2D eigenvalue weighted by Gasteiger charge is -2.31. The summed E-state index contributed by atoms with van der Waals surface area (Å²) in [6.07, 6.45) is 6.71. The third-order valence-electron chi connectivity index (χ3n) is 2.89. The number of carbonyl (C=O) groups excluding carboxylic acids is 1. The number of hydrogen-bond acceptors (Lipinski definition) is 2. The van der Waals surface area contributed by atoms with Gasteiger partial charge in [-0.25, -0.2) is 9.59 Å². The number of nitrogens with one attached hydrogen (secondary N) is 1. The topological polar surface area (TPSA) is 69.6 Å². The molecule has 5 nitrogen and oxygen atoms in total. The van der Waals surface area contributed by atoms with E-state index in [9.17, 15) is 9.59 Å². The van der Waals surface area contributed by atoms with Gasteiger partial charge in [0.05, 0.1) is 0 Å². The van der Waals surface area contributed by atoms with Crippen LogP contribution < -0.4 is 5.32 Å². The fraction of sp³-hybridized carbons (Fsp3) is 0.636. The van der Waals surface area contributed by atoms with E-state index in [1.807, 2.05) is 0 Å². The fourth-order valence-electron chi connectivity index (χ4n) is 1.85. The summed E-state index contributed by atoms with van der Waals surface area (Å²) >= 11 is 0. The second-order valence-corrected chi connectivity index (χ2v) is 4.02. The molecule has 0 saturated carbocycles. The highest BCUT2D eigenvalue weighted by molar-refractivity contribution is 5.86. The third kappa shape index (κ3) is 2.27. The van der Waals surface area contributed by atoms with Crippen LogP contribution in [0.15, 0.2) is 0 Å². The van der Waals surface area contributed by atoms with Crippen molar-refractivity contribution in [2.24, 2.45) is 0 Å². The van der Waals surface area contributed by atoms with E-state index in [-0.39, 0.29) is 6.03 Å². The minimum Gasteiger partial charge on any atom is -0.480 e. The molecule has 1 atom stereocenters. The predicted molar refractivity (Wildman–Crippen MR) is 58.8 cm³/mol. The van der Waals surface area contributed by atoms with E-state index in [2.05, 4.69) is 11.2 Å². The maximum absolute atomic E-state index is 11.7. The summed E-state index contributed by atoms with van der Waals surface area (Å²) in [5.41, 5.74) is -1.08. The van der Waals surface area contributed by atoms with Crippen LogP contribution in [0.5, 0.6) is 0 Å². The van der Waals surface area contributed by atoms with E-state index < -0.39 is 11.5 Å². The average molecular weight is 224 g/mol. The summed E-state index contributed by atoms with van der Waals surface area (Å²) < 4.78 is 0. The molecule has 1 fully saturated rings. The fourth-order valence-corrected chi connectivity index (χ4v) is 1.85. The third-order valence-corrected chi connectivity index (χ3v) is 2.89. The molecule has 16 heavy (non-hydrogen) atoms. The van der Waals surface area contributed by atoms with Gasteiger partial charge in [0.2, 0.25) is 0 Å². The molecule has 1 heterocycles. The van der Waals surface area contributed by atoms with Crippen molar-refractivity contribution in [3.8, 4) is 12.3 Å². The van der Waals surface area contributed by atoms with Crippen molar-refractivity contribution in [2.75, 3.05) is 13.1 Å². The molecule has 2 amide bonds. The van der Waals surface area contributed by atoms with E-state index in [0.29, 0.717) is 32.4 Å². The molecule has 1 rings (SSSR count). The second kappa shape index (κ2) is 4.88. The predicted octanol–water partition coefficient (Wildman–Crippen LogP) is 0.658. The molecule has 0 bridgehead atoms. The summed E-state index contributed by atoms with van der Waals surface area (Å²) in [7, 11) is 0. The summed E-state index contributed by atoms with van der Waals surface area (Å²) in [4.78, 5) is 24.2. The lowest BCUT2D eigenvalue weighted by Crippen LogP contribution is -2.54. The van der Waals surface area contributed by atoms with E-state index in [4.69, 9.17) is 11.5 Å². The number of rotatable bonds is 3. The number of aliphatic carboxylic acids is 1. The van der Waals surface area contributed by atoms with Crippen LogP contribution >= 0.6 is 0 Å². The zero-order valence-corrected chi connectivity index (χ0v) is 9.32. The van der Waals surface area contributed by atoms with Gasteiger partial charge in [0.15, 0.2) is 0 Å². The van der Waals surface area contributed by atoms with Crippen molar-refractivity contribution >= 4 is 12.0 Å². The largest absolute Gasteiger partial charge is 0.480 e. The number of carboxylic acid groups (broad SMARTS) is 1. The zero-order valence-electron chi connectivity index (χ0n) is 9.32. The van der Waals surface area contributed by atoms with Gasteiger partial charge in [-0.05, 0) is 19.8 Å². The van der Waals surface area contributed by atoms with Crippen molar-refractivity contribution in [2.45, 2.75) is 31.7 Å². The van der Waals surface area contributed by atoms with Gasteiger partial charge in [-0.3, -0.25) is 0 Å². The minimum absolute atomic E-state index is 0.349. The summed E-state index contributed by atoms with van der Waals surface area (Å²) in [6, 6.07) is -0.349. The SMILES string of the molecule is C#CCCNC(=O)N1CCCC1(C)C(=O)O. The number of carboxylic acids is 1. The monoisotopic (exact) mass is 224 g/mol. The number of likely N-dealkylation sites (tertiary alicyclic amines) is 1. The van der Waals surface area contributed by atoms with Crippen molar-refractivity contribution in [3.63, 3.8) is 0 Å². The molecular formula is C11H16N2O3. The highest BCUT2D eigenvalue weighted by Gasteiger charge is 2.45. The van der Waals surface area contributed by atoms with E-state index in [1.165, 1.54) is 4.90 Å². The van der Waals surface area contributed by atoms with E-state index >= 15 is 0 Å². The van der Waals surface area contributed by atoms with Crippen LogP contribution in [0.2, 0.25) is 0 Å². The Labute approximate surface area is 94.8 Å². The quantitative estimate of drug-likeness (QED) is 0.546. The molecule has 0 aromatic heterocycles. The smallest absolute Gasteiger partial charge is 0.329 e. The lowest BCUT2D eigenvalue weighted by molar-refractivity contribution is -0.147. The molecule has 1 unspecified atom stereocenters. The Balaban J connectivity index is 2.62. The molecular weight excluding hydrogens is 208 g/mol. The first-order chi connectivity index (χ1) is 7.52. The molecule has 0 aromatic rings. The van der Waals surface area contributed by atoms with Crippen LogP contribution in [-0.2, 0) is 4.79 Å². The Morgan fingerprint density at radius 1 is 1.62 bits per heavy atom. The first-order valence-electron chi connectivity index (χ1n) is 5.24. The van der Waals surface area contributed by atoms with E-state index in [1.54, 1.807) is 6.92 Å². The van der Waals surface area contributed by atoms with Gasteiger partial charge in [0.1, 0.15) is 5.54 Å². The summed E-state index contributed by atoms with van der Waals surface area (Å²) in [5.74, 6) is 1.45. The molecule has 1 aliphatic heterocycles. The molecule has 0 spiro atoms. The van der Waals surface area contributed by atoms with Crippen LogP contribution in [-0.4, -0.2) is 40.6 Å². The number of amides is 2. The van der Waals surface area contributed by atoms with Gasteiger partial charge in [-0.1, -0.05) is 0 Å². The molecule has 88 valence electrons. The molecule has 1 aliphatic rings. The number of hydrogen-bond donors (Lipinski definition) is 2. The van der Waals surface area contributed by atoms with Gasteiger partial charge in [-0.2, -0.15) is 0 Å². The Morgan fingerprint density at radius 3 is 2.88 bits per heavy atom. The standard InChI is InChI=1S/C11H16N2O3/c1-3-4-7-12-10(16)13-8-5-6-11(13,2)9(14)15/h1H,4-8H2,2H3,(H,12,16)(H,14,15). The normalized spacial score (nSPS) is 23.9. The molecule has 1 saturated heterocycles. The highest BCUT2D eigenvalue weighted by Crippen LogP contribution is 2.28. The first-order valence-corrected chi connectivity index (χ1v) is 5.24. The van der Waals surface area contributed by atoms with Gasteiger partial charge in [-0.15, -0.1) is 12.3 Å². The van der Waals surface area contributed by atoms with Gasteiger partial charge in [0, 0.05) is 19.5 Å². The number of nitrogens with zero attached hydrogens (tertiary/aromatic N) is 1.